The Morgan fingerprint density at radius 1 is 1.25 bits per heavy atom. The lowest BCUT2D eigenvalue weighted by atomic mass is 10.1. The summed E-state index contributed by atoms with van der Waals surface area (Å²) in [6.07, 6.45) is 0.659. The maximum absolute atomic E-state index is 13.8. The van der Waals surface area contributed by atoms with Gasteiger partial charge in [-0.2, -0.15) is 0 Å². The predicted molar refractivity (Wildman–Crippen MR) is 98.3 cm³/mol. The molecule has 6 nitrogen and oxygen atoms in total. The molecule has 3 rings (SSSR count). The first-order valence-corrected chi connectivity index (χ1v) is 10.2. The van der Waals surface area contributed by atoms with Crippen molar-refractivity contribution in [1.29, 1.82) is 0 Å². The van der Waals surface area contributed by atoms with Crippen molar-refractivity contribution < 1.29 is 31.5 Å². The van der Waals surface area contributed by atoms with Crippen LogP contribution in [0, 0.1) is 17.6 Å². The van der Waals surface area contributed by atoms with Gasteiger partial charge in [-0.1, -0.05) is 0 Å². The topological polar surface area (TPSA) is 81.7 Å². The van der Waals surface area contributed by atoms with Gasteiger partial charge in [0.1, 0.15) is 17.4 Å². The maximum Gasteiger partial charge on any atom is 0.259 e. The molecule has 28 heavy (non-hydrogen) atoms. The van der Waals surface area contributed by atoms with Gasteiger partial charge in [-0.05, 0) is 42.7 Å². The van der Waals surface area contributed by atoms with Gasteiger partial charge in [-0.15, -0.1) is 0 Å². The molecule has 0 bridgehead atoms. The number of sulfone groups is 1. The summed E-state index contributed by atoms with van der Waals surface area (Å²) in [5.41, 5.74) is -0.306. The van der Waals surface area contributed by atoms with Crippen molar-refractivity contribution in [1.82, 2.24) is 0 Å². The van der Waals surface area contributed by atoms with E-state index in [2.05, 4.69) is 5.32 Å². The van der Waals surface area contributed by atoms with Crippen molar-refractivity contribution >= 4 is 21.4 Å². The van der Waals surface area contributed by atoms with Crippen molar-refractivity contribution in [3.05, 3.63) is 53.6 Å². The molecular formula is C19H19F2NO5S. The third-order valence-corrected chi connectivity index (χ3v) is 6.32. The van der Waals surface area contributed by atoms with Crippen LogP contribution in [0.2, 0.25) is 0 Å². The van der Waals surface area contributed by atoms with E-state index in [-0.39, 0.29) is 33.6 Å². The summed E-state index contributed by atoms with van der Waals surface area (Å²) in [5, 5.41) is 2.30. The van der Waals surface area contributed by atoms with Crippen LogP contribution in [-0.4, -0.2) is 40.4 Å². The summed E-state index contributed by atoms with van der Waals surface area (Å²) < 4.78 is 62.5. The number of ether oxygens (including phenoxy) is 2. The highest BCUT2D eigenvalue weighted by molar-refractivity contribution is 7.91. The number of benzene rings is 2. The number of nitrogens with one attached hydrogen (secondary N) is 1. The molecule has 0 unspecified atom stereocenters. The number of anilines is 1. The zero-order valence-electron chi connectivity index (χ0n) is 15.1. The highest BCUT2D eigenvalue weighted by Crippen LogP contribution is 2.27. The fourth-order valence-corrected chi connectivity index (χ4v) is 4.61. The first-order valence-electron chi connectivity index (χ1n) is 8.55. The lowest BCUT2D eigenvalue weighted by molar-refractivity contribution is 0.102. The van der Waals surface area contributed by atoms with Gasteiger partial charge in [0.2, 0.25) is 0 Å². The number of halogens is 2. The molecule has 1 aliphatic heterocycles. The van der Waals surface area contributed by atoms with Crippen LogP contribution in [0.4, 0.5) is 14.5 Å². The first kappa shape index (κ1) is 20.2. The Bertz CT molecular complexity index is 988. The molecule has 9 heteroatoms. The summed E-state index contributed by atoms with van der Waals surface area (Å²) >= 11 is 0. The average molecular weight is 411 g/mol. The SMILES string of the molecule is COc1ccc(S(=O)(=O)C[C@H]2CCOC2)cc1C(=O)Nc1ccc(F)cc1F. The van der Waals surface area contributed by atoms with Crippen LogP contribution in [0.25, 0.3) is 0 Å². The van der Waals surface area contributed by atoms with Crippen LogP contribution in [0.5, 0.6) is 5.75 Å². The largest absolute Gasteiger partial charge is 0.496 e. The Labute approximate surface area is 161 Å². The minimum Gasteiger partial charge on any atom is -0.496 e. The number of rotatable bonds is 6. The van der Waals surface area contributed by atoms with E-state index in [0.29, 0.717) is 25.7 Å². The van der Waals surface area contributed by atoms with Crippen LogP contribution >= 0.6 is 0 Å². The minimum atomic E-state index is -3.65. The number of carbonyl (C=O) groups is 1. The van der Waals surface area contributed by atoms with Crippen LogP contribution in [0.15, 0.2) is 41.3 Å². The fraction of sp³-hybridized carbons (Fsp3) is 0.316. The summed E-state index contributed by atoms with van der Waals surface area (Å²) in [6, 6.07) is 6.64. The third kappa shape index (κ3) is 4.48. The van der Waals surface area contributed by atoms with Gasteiger partial charge in [-0.25, -0.2) is 17.2 Å². The Kier molecular flexibility index (Phi) is 5.95. The molecule has 1 heterocycles. The monoisotopic (exact) mass is 411 g/mol. The molecule has 150 valence electrons. The van der Waals surface area contributed by atoms with E-state index in [4.69, 9.17) is 9.47 Å². The van der Waals surface area contributed by atoms with Gasteiger partial charge < -0.3 is 14.8 Å². The molecule has 0 aliphatic carbocycles. The molecule has 1 atom stereocenters. The maximum atomic E-state index is 13.8. The molecule has 1 fully saturated rings. The number of hydrogen-bond acceptors (Lipinski definition) is 5. The molecule has 1 amide bonds. The molecule has 1 N–H and O–H groups in total. The average Bonchev–Trinajstić information content (AvgIpc) is 3.15. The lowest BCUT2D eigenvalue weighted by Crippen LogP contribution is -2.18. The molecule has 0 radical (unpaired) electrons. The van der Waals surface area contributed by atoms with Crippen LogP contribution in [-0.2, 0) is 14.6 Å². The van der Waals surface area contributed by atoms with Crippen molar-refractivity contribution in [2.75, 3.05) is 31.4 Å². The minimum absolute atomic E-state index is 0.0371. The van der Waals surface area contributed by atoms with Gasteiger partial charge >= 0.3 is 0 Å². The van der Waals surface area contributed by atoms with Crippen LogP contribution < -0.4 is 10.1 Å². The molecular weight excluding hydrogens is 392 g/mol. The normalized spacial score (nSPS) is 16.8. The molecule has 0 saturated carbocycles. The molecule has 1 saturated heterocycles. The Morgan fingerprint density at radius 2 is 2.04 bits per heavy atom. The molecule has 0 aromatic heterocycles. The van der Waals surface area contributed by atoms with Crippen molar-refractivity contribution in [2.24, 2.45) is 5.92 Å². The zero-order valence-corrected chi connectivity index (χ0v) is 15.9. The molecule has 2 aromatic rings. The Hall–Kier alpha value is -2.52. The third-order valence-electron chi connectivity index (χ3n) is 4.43. The summed E-state index contributed by atoms with van der Waals surface area (Å²) in [5.74, 6) is -2.56. The lowest BCUT2D eigenvalue weighted by Gasteiger charge is -2.13. The molecule has 1 aliphatic rings. The van der Waals surface area contributed by atoms with Crippen molar-refractivity contribution in [2.45, 2.75) is 11.3 Å². The van der Waals surface area contributed by atoms with Gasteiger partial charge in [0, 0.05) is 12.7 Å². The van der Waals surface area contributed by atoms with E-state index in [1.807, 2.05) is 0 Å². The summed E-state index contributed by atoms with van der Waals surface area (Å²) in [7, 11) is -2.32. The number of amides is 1. The molecule has 2 aromatic carbocycles. The first-order chi connectivity index (χ1) is 13.3. The summed E-state index contributed by atoms with van der Waals surface area (Å²) in [6.45, 7) is 0.909. The van der Waals surface area contributed by atoms with Crippen molar-refractivity contribution in [3.63, 3.8) is 0 Å². The van der Waals surface area contributed by atoms with E-state index in [1.54, 1.807) is 0 Å². The second-order valence-electron chi connectivity index (χ2n) is 6.45. The van der Waals surface area contributed by atoms with Gasteiger partial charge in [0.15, 0.2) is 9.84 Å². The summed E-state index contributed by atoms with van der Waals surface area (Å²) in [4.78, 5) is 12.6. The van der Waals surface area contributed by atoms with Gasteiger partial charge in [0.25, 0.3) is 5.91 Å². The van der Waals surface area contributed by atoms with Crippen molar-refractivity contribution in [3.8, 4) is 5.75 Å². The van der Waals surface area contributed by atoms with E-state index >= 15 is 0 Å². The molecule has 0 spiro atoms. The van der Waals surface area contributed by atoms with Gasteiger partial charge in [-0.3, -0.25) is 4.79 Å². The fourth-order valence-electron chi connectivity index (χ4n) is 2.96. The van der Waals surface area contributed by atoms with Gasteiger partial charge in [0.05, 0.1) is 35.6 Å². The zero-order chi connectivity index (χ0) is 20.3. The van der Waals surface area contributed by atoms with Crippen LogP contribution in [0.1, 0.15) is 16.8 Å². The van der Waals surface area contributed by atoms with E-state index in [1.165, 1.54) is 25.3 Å². The number of carbonyl (C=O) groups excluding carboxylic acids is 1. The Morgan fingerprint density at radius 3 is 2.68 bits per heavy atom. The highest BCUT2D eigenvalue weighted by Gasteiger charge is 2.26. The second kappa shape index (κ2) is 8.24. The number of methoxy groups -OCH3 is 1. The van der Waals surface area contributed by atoms with E-state index < -0.39 is 27.4 Å². The quantitative estimate of drug-likeness (QED) is 0.790. The standard InChI is InChI=1S/C19H19F2NO5S/c1-26-18-5-3-14(28(24,25)11-12-6-7-27-10-12)9-15(18)19(23)22-17-4-2-13(20)8-16(17)21/h2-5,8-9,12H,6-7,10-11H2,1H3,(H,22,23)/t12-/m0/s1. The predicted octanol–water partition coefficient (Wildman–Crippen LogP) is 3.04. The smallest absolute Gasteiger partial charge is 0.259 e. The highest BCUT2D eigenvalue weighted by atomic mass is 32.2. The second-order valence-corrected chi connectivity index (χ2v) is 8.49. The van der Waals surface area contributed by atoms with E-state index in [0.717, 1.165) is 12.1 Å². The number of hydrogen-bond donors (Lipinski definition) is 1. The van der Waals surface area contributed by atoms with Crippen LogP contribution in [0.3, 0.4) is 0 Å². The van der Waals surface area contributed by atoms with E-state index in [9.17, 15) is 22.0 Å². The Balaban J connectivity index is 1.88.